The Morgan fingerprint density at radius 2 is 1.79 bits per heavy atom. The maximum atomic E-state index is 12.1. The smallest absolute Gasteiger partial charge is 0.274 e. The van der Waals surface area contributed by atoms with Crippen molar-refractivity contribution in [3.63, 3.8) is 0 Å². The monoisotopic (exact) mass is 349 g/mol. The van der Waals surface area contributed by atoms with Crippen molar-refractivity contribution < 1.29 is 17.4 Å². The molecule has 1 heterocycles. The largest absolute Gasteiger partial charge is 0.365 e. The molecular weight excluding hydrogens is 337 g/mol. The standard InChI is InChI=1S/C10H14Cl3NO4S/c11-10(12,13)7-18-19(16,17)14-8(15)6-9(14)4-2-1-3-5-9/h1-7H2. The molecule has 19 heavy (non-hydrogen) atoms. The van der Waals surface area contributed by atoms with Crippen LogP contribution < -0.4 is 0 Å². The second-order valence-electron chi connectivity index (χ2n) is 4.95. The number of hydrogen-bond donors (Lipinski definition) is 0. The molecule has 1 saturated heterocycles. The van der Waals surface area contributed by atoms with Gasteiger partial charge in [0.15, 0.2) is 0 Å². The van der Waals surface area contributed by atoms with Crippen molar-refractivity contribution in [2.75, 3.05) is 6.61 Å². The van der Waals surface area contributed by atoms with Crippen molar-refractivity contribution in [2.24, 2.45) is 0 Å². The van der Waals surface area contributed by atoms with E-state index in [2.05, 4.69) is 4.18 Å². The molecule has 110 valence electrons. The van der Waals surface area contributed by atoms with Crippen LogP contribution in [-0.2, 0) is 19.3 Å². The fourth-order valence-corrected chi connectivity index (χ4v) is 4.57. The third kappa shape index (κ3) is 3.29. The van der Waals surface area contributed by atoms with Crippen LogP contribution in [0.15, 0.2) is 0 Å². The van der Waals surface area contributed by atoms with Gasteiger partial charge < -0.3 is 0 Å². The summed E-state index contributed by atoms with van der Waals surface area (Å²) in [7, 11) is -4.18. The first kappa shape index (κ1) is 15.6. The highest BCUT2D eigenvalue weighted by Gasteiger charge is 2.57. The molecule has 1 aliphatic carbocycles. The van der Waals surface area contributed by atoms with Crippen LogP contribution >= 0.6 is 34.8 Å². The molecule has 0 aromatic rings. The Kier molecular flexibility index (Phi) is 4.30. The average Bonchev–Trinajstić information content (AvgIpc) is 2.25. The number of carbonyl (C=O) groups excluding carboxylic acids is 1. The second kappa shape index (κ2) is 5.22. The van der Waals surface area contributed by atoms with E-state index in [1.807, 2.05) is 0 Å². The zero-order chi connectivity index (χ0) is 14.3. The quantitative estimate of drug-likeness (QED) is 0.579. The van der Waals surface area contributed by atoms with E-state index in [1.54, 1.807) is 0 Å². The van der Waals surface area contributed by atoms with Crippen molar-refractivity contribution in [2.45, 2.75) is 47.9 Å². The molecule has 1 spiro atoms. The molecule has 2 rings (SSSR count). The van der Waals surface area contributed by atoms with Crippen LogP contribution in [0.3, 0.4) is 0 Å². The van der Waals surface area contributed by atoms with Crippen LogP contribution in [0.1, 0.15) is 38.5 Å². The summed E-state index contributed by atoms with van der Waals surface area (Å²) >= 11 is 16.4. The lowest BCUT2D eigenvalue weighted by molar-refractivity contribution is -0.148. The third-order valence-corrected chi connectivity index (χ3v) is 5.30. The number of β-lactam (4-membered cyclic amide) rings is 1. The minimum atomic E-state index is -4.18. The number of carbonyl (C=O) groups is 1. The Labute approximate surface area is 127 Å². The Hall–Kier alpha value is 0.250. The van der Waals surface area contributed by atoms with E-state index in [-0.39, 0.29) is 6.42 Å². The van der Waals surface area contributed by atoms with E-state index in [0.29, 0.717) is 12.8 Å². The fourth-order valence-electron chi connectivity index (χ4n) is 2.74. The zero-order valence-electron chi connectivity index (χ0n) is 10.1. The van der Waals surface area contributed by atoms with Gasteiger partial charge in [0, 0.05) is 0 Å². The van der Waals surface area contributed by atoms with Gasteiger partial charge in [0.1, 0.15) is 6.61 Å². The lowest BCUT2D eigenvalue weighted by Gasteiger charge is -2.52. The summed E-state index contributed by atoms with van der Waals surface area (Å²) in [6.07, 6.45) is 4.47. The van der Waals surface area contributed by atoms with Crippen LogP contribution in [0.2, 0.25) is 0 Å². The first-order chi connectivity index (χ1) is 8.66. The minimum Gasteiger partial charge on any atom is -0.274 e. The van der Waals surface area contributed by atoms with Gasteiger partial charge in [-0.05, 0) is 12.8 Å². The van der Waals surface area contributed by atoms with E-state index in [9.17, 15) is 13.2 Å². The molecule has 2 aliphatic rings. The van der Waals surface area contributed by atoms with Crippen LogP contribution in [0.5, 0.6) is 0 Å². The van der Waals surface area contributed by atoms with Gasteiger partial charge in [0.2, 0.25) is 9.70 Å². The van der Waals surface area contributed by atoms with E-state index in [0.717, 1.165) is 23.6 Å². The normalized spacial score (nSPS) is 23.5. The molecule has 0 atom stereocenters. The van der Waals surface area contributed by atoms with Crippen molar-refractivity contribution >= 4 is 51.0 Å². The molecule has 2 fully saturated rings. The van der Waals surface area contributed by atoms with Gasteiger partial charge >= 0.3 is 10.3 Å². The Morgan fingerprint density at radius 3 is 2.26 bits per heavy atom. The molecule has 0 aromatic heterocycles. The number of alkyl halides is 3. The zero-order valence-corrected chi connectivity index (χ0v) is 13.2. The predicted octanol–water partition coefficient (Wildman–Crippen LogP) is 2.55. The van der Waals surface area contributed by atoms with Crippen LogP contribution in [0.25, 0.3) is 0 Å². The summed E-state index contributed by atoms with van der Waals surface area (Å²) < 4.78 is 27.8. The Bertz CT molecular complexity index is 468. The molecule has 0 radical (unpaired) electrons. The first-order valence-corrected chi connectivity index (χ1v) is 8.46. The van der Waals surface area contributed by atoms with E-state index in [1.165, 1.54) is 0 Å². The first-order valence-electron chi connectivity index (χ1n) is 5.96. The summed E-state index contributed by atoms with van der Waals surface area (Å²) in [4.78, 5) is 11.6. The number of nitrogens with zero attached hydrogens (tertiary/aromatic N) is 1. The van der Waals surface area contributed by atoms with Gasteiger partial charge in [0.25, 0.3) is 0 Å². The molecule has 0 aromatic carbocycles. The topological polar surface area (TPSA) is 63.7 Å². The minimum absolute atomic E-state index is 0.253. The molecule has 1 aliphatic heterocycles. The lowest BCUT2D eigenvalue weighted by Crippen LogP contribution is -2.66. The Morgan fingerprint density at radius 1 is 1.21 bits per heavy atom. The van der Waals surface area contributed by atoms with Crippen molar-refractivity contribution in [1.29, 1.82) is 0 Å². The summed E-state index contributed by atoms with van der Waals surface area (Å²) in [5, 5.41) is 0. The molecular formula is C10H14Cl3NO4S. The van der Waals surface area contributed by atoms with Gasteiger partial charge in [-0.3, -0.25) is 4.79 Å². The predicted molar refractivity (Wildman–Crippen MR) is 72.4 cm³/mol. The van der Waals surface area contributed by atoms with Crippen molar-refractivity contribution in [3.8, 4) is 0 Å². The highest BCUT2D eigenvalue weighted by Crippen LogP contribution is 2.46. The summed E-state index contributed by atoms with van der Waals surface area (Å²) in [5.74, 6) is -0.453. The number of amides is 1. The molecule has 0 N–H and O–H groups in total. The summed E-state index contributed by atoms with van der Waals surface area (Å²) in [6, 6.07) is 0. The maximum absolute atomic E-state index is 12.1. The molecule has 9 heteroatoms. The van der Waals surface area contributed by atoms with Gasteiger partial charge in [-0.15, -0.1) is 0 Å². The third-order valence-electron chi connectivity index (χ3n) is 3.52. The molecule has 5 nitrogen and oxygen atoms in total. The molecule has 0 bridgehead atoms. The molecule has 0 unspecified atom stereocenters. The second-order valence-corrected chi connectivity index (χ2v) is 8.93. The van der Waals surface area contributed by atoms with Gasteiger partial charge in [-0.2, -0.15) is 8.42 Å². The van der Waals surface area contributed by atoms with E-state index < -0.39 is 32.1 Å². The van der Waals surface area contributed by atoms with Crippen LogP contribution in [0.4, 0.5) is 0 Å². The number of rotatable bonds is 3. The van der Waals surface area contributed by atoms with Gasteiger partial charge in [-0.1, -0.05) is 54.1 Å². The van der Waals surface area contributed by atoms with Gasteiger partial charge in [0.05, 0.1) is 12.0 Å². The van der Waals surface area contributed by atoms with Crippen molar-refractivity contribution in [1.82, 2.24) is 4.31 Å². The lowest BCUT2D eigenvalue weighted by atomic mass is 9.74. The highest BCUT2D eigenvalue weighted by atomic mass is 35.6. The molecule has 1 saturated carbocycles. The Balaban J connectivity index is 2.12. The highest BCUT2D eigenvalue weighted by molar-refractivity contribution is 7.85. The van der Waals surface area contributed by atoms with Crippen molar-refractivity contribution in [3.05, 3.63) is 0 Å². The SMILES string of the molecule is O=C1CC2(CCCCC2)N1S(=O)(=O)OCC(Cl)(Cl)Cl. The number of hydrogen-bond acceptors (Lipinski definition) is 4. The van der Waals surface area contributed by atoms with E-state index in [4.69, 9.17) is 34.8 Å². The molecule has 1 amide bonds. The maximum Gasteiger partial charge on any atom is 0.365 e. The van der Waals surface area contributed by atoms with E-state index >= 15 is 0 Å². The summed E-state index contributed by atoms with van der Waals surface area (Å²) in [5.41, 5.74) is -0.609. The average molecular weight is 351 g/mol. The number of halogens is 3. The fraction of sp³-hybridized carbons (Fsp3) is 0.900. The van der Waals surface area contributed by atoms with Gasteiger partial charge in [-0.25, -0.2) is 8.49 Å². The summed E-state index contributed by atoms with van der Waals surface area (Å²) in [6.45, 7) is -0.611. The van der Waals surface area contributed by atoms with Crippen LogP contribution in [-0.4, -0.2) is 34.6 Å². The van der Waals surface area contributed by atoms with Crippen LogP contribution in [0, 0.1) is 0 Å².